The van der Waals surface area contributed by atoms with Gasteiger partial charge in [0.15, 0.2) is 0 Å². The number of rotatable bonds is 5. The molecule has 2 unspecified atom stereocenters. The summed E-state index contributed by atoms with van der Waals surface area (Å²) in [5.41, 5.74) is -0.269. The average Bonchev–Trinajstić information content (AvgIpc) is 2.71. The van der Waals surface area contributed by atoms with Gasteiger partial charge in [-0.2, -0.15) is 8.42 Å². The summed E-state index contributed by atoms with van der Waals surface area (Å²) in [5.74, 6) is 1.64. The van der Waals surface area contributed by atoms with Gasteiger partial charge < -0.3 is 4.74 Å². The van der Waals surface area contributed by atoms with E-state index in [0.29, 0.717) is 17.8 Å². The van der Waals surface area contributed by atoms with Gasteiger partial charge in [0, 0.05) is 0 Å². The van der Waals surface area contributed by atoms with E-state index in [0.717, 1.165) is 19.3 Å². The first-order chi connectivity index (χ1) is 8.88. The number of hydrogen-bond acceptors (Lipinski definition) is 4. The lowest BCUT2D eigenvalue weighted by molar-refractivity contribution is -0.159. The second kappa shape index (κ2) is 4.45. The normalized spacial score (nSPS) is 39.7. The van der Waals surface area contributed by atoms with E-state index in [9.17, 15) is 13.2 Å². The van der Waals surface area contributed by atoms with Crippen molar-refractivity contribution >= 4 is 16.1 Å². The Bertz CT molecular complexity index is 464. The van der Waals surface area contributed by atoms with Crippen molar-refractivity contribution in [3.05, 3.63) is 0 Å². The van der Waals surface area contributed by atoms with Gasteiger partial charge in [-0.15, -0.1) is 0 Å². The van der Waals surface area contributed by atoms with E-state index < -0.39 is 10.1 Å². The minimum Gasteiger partial charge on any atom is -0.465 e. The molecule has 0 saturated heterocycles. The van der Waals surface area contributed by atoms with Gasteiger partial charge in [-0.3, -0.25) is 9.35 Å². The SMILES string of the molecule is O=C(OCCCS(=O)(=O)O)C12CC3CC(C1)C(C3)C2. The molecule has 0 radical (unpaired) electrons. The van der Waals surface area contributed by atoms with Crippen molar-refractivity contribution in [1.82, 2.24) is 0 Å². The number of carbonyl (C=O) groups excluding carboxylic acids is 1. The van der Waals surface area contributed by atoms with Crippen LogP contribution in [0, 0.1) is 23.2 Å². The summed E-state index contributed by atoms with van der Waals surface area (Å²) >= 11 is 0. The molecule has 0 aromatic heterocycles. The zero-order chi connectivity index (χ0) is 13.7. The van der Waals surface area contributed by atoms with Gasteiger partial charge in [-0.1, -0.05) is 0 Å². The first-order valence-corrected chi connectivity index (χ1v) is 8.61. The lowest BCUT2D eigenvalue weighted by Crippen LogP contribution is -2.37. The molecule has 19 heavy (non-hydrogen) atoms. The third-order valence-corrected chi connectivity index (χ3v) is 5.94. The fourth-order valence-corrected chi connectivity index (χ4v) is 5.10. The van der Waals surface area contributed by atoms with Crippen LogP contribution in [0.25, 0.3) is 0 Å². The molecule has 4 rings (SSSR count). The predicted molar refractivity (Wildman–Crippen MR) is 68.0 cm³/mol. The zero-order valence-electron chi connectivity index (χ0n) is 10.9. The van der Waals surface area contributed by atoms with Crippen molar-refractivity contribution in [3.63, 3.8) is 0 Å². The molecule has 0 heterocycles. The lowest BCUT2D eigenvalue weighted by atomic mass is 9.69. The molecule has 6 heteroatoms. The van der Waals surface area contributed by atoms with Crippen LogP contribution >= 0.6 is 0 Å². The minimum atomic E-state index is -3.95. The zero-order valence-corrected chi connectivity index (χ0v) is 11.7. The van der Waals surface area contributed by atoms with E-state index in [1.54, 1.807) is 0 Å². The van der Waals surface area contributed by atoms with E-state index in [4.69, 9.17) is 9.29 Å². The van der Waals surface area contributed by atoms with E-state index in [1.165, 1.54) is 12.8 Å². The molecule has 0 amide bonds. The molecule has 2 atom stereocenters. The molecule has 4 fully saturated rings. The molecule has 0 aromatic carbocycles. The molecule has 108 valence electrons. The number of hydrogen-bond donors (Lipinski definition) is 1. The fraction of sp³-hybridized carbons (Fsp3) is 0.923. The van der Waals surface area contributed by atoms with Crippen LogP contribution in [-0.4, -0.2) is 31.3 Å². The molecular weight excluding hydrogens is 268 g/mol. The van der Waals surface area contributed by atoms with Crippen LogP contribution in [0.15, 0.2) is 0 Å². The standard InChI is InChI=1S/C13H20O5S/c14-12(18-2-1-3-19(15,16)17)13-6-9-4-10(7-13)11(5-9)8-13/h9-11H,1-8H2,(H,15,16,17). The van der Waals surface area contributed by atoms with Crippen molar-refractivity contribution in [2.24, 2.45) is 23.2 Å². The second-order valence-electron chi connectivity index (χ2n) is 6.53. The summed E-state index contributed by atoms with van der Waals surface area (Å²) in [6, 6.07) is 0. The molecule has 4 aliphatic carbocycles. The van der Waals surface area contributed by atoms with E-state index in [2.05, 4.69) is 0 Å². The van der Waals surface area contributed by atoms with Crippen molar-refractivity contribution in [1.29, 1.82) is 0 Å². The number of ether oxygens (including phenoxy) is 1. The Morgan fingerprint density at radius 2 is 1.84 bits per heavy atom. The largest absolute Gasteiger partial charge is 0.465 e. The molecule has 1 N–H and O–H groups in total. The van der Waals surface area contributed by atoms with Crippen LogP contribution in [0.2, 0.25) is 0 Å². The second-order valence-corrected chi connectivity index (χ2v) is 8.10. The Morgan fingerprint density at radius 3 is 2.37 bits per heavy atom. The van der Waals surface area contributed by atoms with E-state index >= 15 is 0 Å². The average molecular weight is 288 g/mol. The maximum Gasteiger partial charge on any atom is 0.312 e. The van der Waals surface area contributed by atoms with Gasteiger partial charge in [-0.25, -0.2) is 0 Å². The first-order valence-electron chi connectivity index (χ1n) is 7.00. The Labute approximate surface area is 113 Å². The summed E-state index contributed by atoms with van der Waals surface area (Å²) in [7, 11) is -3.95. The molecule has 4 aliphatic rings. The van der Waals surface area contributed by atoms with Gasteiger partial charge in [0.25, 0.3) is 10.1 Å². The minimum absolute atomic E-state index is 0.0837. The topological polar surface area (TPSA) is 80.7 Å². The van der Waals surface area contributed by atoms with Gasteiger partial charge in [0.2, 0.25) is 0 Å². The highest BCUT2D eigenvalue weighted by Gasteiger charge is 2.59. The summed E-state index contributed by atoms with van der Waals surface area (Å²) in [6.45, 7) is 0.0837. The Balaban J connectivity index is 1.52. The molecule has 5 nitrogen and oxygen atoms in total. The number of esters is 1. The highest BCUT2D eigenvalue weighted by Crippen LogP contribution is 2.64. The molecule has 0 spiro atoms. The van der Waals surface area contributed by atoms with Crippen LogP contribution in [0.5, 0.6) is 0 Å². The quantitative estimate of drug-likeness (QED) is 0.472. The summed E-state index contributed by atoms with van der Waals surface area (Å²) in [4.78, 5) is 12.2. The summed E-state index contributed by atoms with van der Waals surface area (Å²) in [6.07, 6.45) is 5.61. The Morgan fingerprint density at radius 1 is 1.21 bits per heavy atom. The number of carbonyl (C=O) groups is 1. The van der Waals surface area contributed by atoms with Crippen molar-refractivity contribution in [2.45, 2.75) is 38.5 Å². The van der Waals surface area contributed by atoms with Crippen molar-refractivity contribution < 1.29 is 22.5 Å². The van der Waals surface area contributed by atoms with Crippen LogP contribution in [0.3, 0.4) is 0 Å². The van der Waals surface area contributed by atoms with Crippen LogP contribution in [-0.2, 0) is 19.6 Å². The van der Waals surface area contributed by atoms with Gasteiger partial charge in [-0.05, 0) is 56.3 Å². The molecular formula is C13H20O5S. The Kier molecular flexibility index (Phi) is 3.13. The summed E-state index contributed by atoms with van der Waals surface area (Å²) in [5, 5.41) is 0. The maximum atomic E-state index is 12.2. The molecule has 4 saturated carbocycles. The third kappa shape index (κ3) is 2.52. The smallest absolute Gasteiger partial charge is 0.312 e. The first kappa shape index (κ1) is 13.4. The Hall–Kier alpha value is -0.620. The van der Waals surface area contributed by atoms with Crippen molar-refractivity contribution in [3.8, 4) is 0 Å². The lowest BCUT2D eigenvalue weighted by Gasteiger charge is -2.35. The van der Waals surface area contributed by atoms with E-state index in [-0.39, 0.29) is 30.2 Å². The van der Waals surface area contributed by atoms with Gasteiger partial charge in [0.1, 0.15) is 0 Å². The monoisotopic (exact) mass is 288 g/mol. The summed E-state index contributed by atoms with van der Waals surface area (Å²) < 4.78 is 35.0. The van der Waals surface area contributed by atoms with E-state index in [1.807, 2.05) is 0 Å². The predicted octanol–water partition coefficient (Wildman–Crippen LogP) is 1.63. The van der Waals surface area contributed by atoms with Crippen molar-refractivity contribution in [2.75, 3.05) is 12.4 Å². The highest BCUT2D eigenvalue weighted by atomic mass is 32.2. The highest BCUT2D eigenvalue weighted by molar-refractivity contribution is 7.85. The third-order valence-electron chi connectivity index (χ3n) is 5.14. The van der Waals surface area contributed by atoms with Crippen LogP contribution < -0.4 is 0 Å². The van der Waals surface area contributed by atoms with Gasteiger partial charge in [0.05, 0.1) is 17.8 Å². The fourth-order valence-electron chi connectivity index (χ4n) is 4.62. The molecule has 4 bridgehead atoms. The molecule has 0 aliphatic heterocycles. The maximum absolute atomic E-state index is 12.2. The van der Waals surface area contributed by atoms with Gasteiger partial charge >= 0.3 is 5.97 Å². The van der Waals surface area contributed by atoms with Crippen LogP contribution in [0.4, 0.5) is 0 Å². The van der Waals surface area contributed by atoms with Crippen LogP contribution in [0.1, 0.15) is 38.5 Å². The molecule has 0 aromatic rings.